The van der Waals surface area contributed by atoms with Crippen LogP contribution in [0.5, 0.6) is 5.75 Å². The van der Waals surface area contributed by atoms with E-state index in [4.69, 9.17) is 8.85 Å². The second kappa shape index (κ2) is 8.22. The predicted octanol–water partition coefficient (Wildman–Crippen LogP) is 4.57. The molecular weight excluding hydrogens is 268 g/mol. The van der Waals surface area contributed by atoms with E-state index >= 15 is 0 Å². The average molecular weight is 294 g/mol. The molecule has 0 unspecified atom stereocenters. The summed E-state index contributed by atoms with van der Waals surface area (Å²) in [7, 11) is -2.13. The Hall–Kier alpha value is -1.13. The Labute approximate surface area is 123 Å². The molecule has 0 atom stereocenters. The molecule has 0 saturated heterocycles. The Kier molecular flexibility index (Phi) is 6.95. The van der Waals surface area contributed by atoms with Gasteiger partial charge in [0.25, 0.3) is 0 Å². The van der Waals surface area contributed by atoms with Crippen molar-refractivity contribution in [2.24, 2.45) is 0 Å². The predicted molar refractivity (Wildman–Crippen MR) is 84.7 cm³/mol. The first-order valence-corrected chi connectivity index (χ1v) is 10.2. The van der Waals surface area contributed by atoms with Crippen LogP contribution < -0.4 is 4.43 Å². The molecule has 112 valence electrons. The van der Waals surface area contributed by atoms with Crippen molar-refractivity contribution in [1.29, 1.82) is 0 Å². The average Bonchev–Trinajstić information content (AvgIpc) is 2.38. The minimum absolute atomic E-state index is 0.0697. The van der Waals surface area contributed by atoms with Crippen molar-refractivity contribution in [3.05, 3.63) is 29.8 Å². The smallest absolute Gasteiger partial charge is 0.392 e. The zero-order valence-corrected chi connectivity index (χ0v) is 14.1. The zero-order chi connectivity index (χ0) is 15.0. The molecule has 0 saturated carbocycles. The molecule has 4 heteroatoms. The molecule has 1 aromatic carbocycles. The second-order valence-corrected chi connectivity index (χ2v) is 8.78. The summed E-state index contributed by atoms with van der Waals surface area (Å²) in [4.78, 5) is 11.2. The largest absolute Gasteiger partial charge is 0.520 e. The lowest BCUT2D eigenvalue weighted by Gasteiger charge is -2.24. The van der Waals surface area contributed by atoms with E-state index in [1.807, 2.05) is 25.2 Å². The molecule has 1 rings (SSSR count). The fraction of sp³-hybridized carbons (Fsp3) is 0.562. The lowest BCUT2D eigenvalue weighted by Crippen LogP contribution is -2.38. The standard InChI is InChI=1S/C16H26O3Si/c1-5-6-7-8-13-18-20(3,4)19-16-11-9-15(10-12-16)14(2)17/h9-12H,5-8,13H2,1-4H3. The van der Waals surface area contributed by atoms with Crippen LogP contribution in [0, 0.1) is 0 Å². The number of unbranched alkanes of at least 4 members (excludes halogenated alkanes) is 3. The number of carbonyl (C=O) groups is 1. The highest BCUT2D eigenvalue weighted by molar-refractivity contribution is 6.65. The molecule has 1 aromatic rings. The van der Waals surface area contributed by atoms with E-state index in [0.717, 1.165) is 18.8 Å². The van der Waals surface area contributed by atoms with Crippen LogP contribution in [0.15, 0.2) is 24.3 Å². The molecular formula is C16H26O3Si. The molecule has 0 aliphatic heterocycles. The number of hydrogen-bond donors (Lipinski definition) is 0. The number of ketones is 1. The quantitative estimate of drug-likeness (QED) is 0.380. The molecule has 0 heterocycles. The van der Waals surface area contributed by atoms with Crippen molar-refractivity contribution in [1.82, 2.24) is 0 Å². The van der Waals surface area contributed by atoms with E-state index in [1.165, 1.54) is 19.3 Å². The Morgan fingerprint density at radius 2 is 1.75 bits per heavy atom. The highest BCUT2D eigenvalue weighted by Gasteiger charge is 2.26. The molecule has 0 N–H and O–H groups in total. The van der Waals surface area contributed by atoms with Crippen molar-refractivity contribution in [3.63, 3.8) is 0 Å². The van der Waals surface area contributed by atoms with Gasteiger partial charge in [0, 0.05) is 12.2 Å². The molecule has 0 radical (unpaired) electrons. The van der Waals surface area contributed by atoms with Crippen molar-refractivity contribution in [3.8, 4) is 5.75 Å². The third kappa shape index (κ3) is 6.35. The van der Waals surface area contributed by atoms with Crippen LogP contribution in [0.3, 0.4) is 0 Å². The first-order valence-electron chi connectivity index (χ1n) is 7.38. The van der Waals surface area contributed by atoms with Gasteiger partial charge in [-0.15, -0.1) is 0 Å². The van der Waals surface area contributed by atoms with Crippen LogP contribution in [0.1, 0.15) is 49.9 Å². The SMILES string of the molecule is CCCCCCO[Si](C)(C)Oc1ccc(C(C)=O)cc1. The van der Waals surface area contributed by atoms with Crippen molar-refractivity contribution in [2.75, 3.05) is 6.61 Å². The maximum Gasteiger partial charge on any atom is 0.392 e. The van der Waals surface area contributed by atoms with Gasteiger partial charge in [-0.1, -0.05) is 26.2 Å². The van der Waals surface area contributed by atoms with Gasteiger partial charge < -0.3 is 8.85 Å². The number of Topliss-reactive ketones (excluding diaryl/α,β-unsaturated/α-hetero) is 1. The van der Waals surface area contributed by atoms with Gasteiger partial charge in [0.1, 0.15) is 5.75 Å². The van der Waals surface area contributed by atoms with E-state index in [0.29, 0.717) is 5.56 Å². The monoisotopic (exact) mass is 294 g/mol. The lowest BCUT2D eigenvalue weighted by atomic mass is 10.1. The van der Waals surface area contributed by atoms with E-state index in [2.05, 4.69) is 6.92 Å². The fourth-order valence-electron chi connectivity index (χ4n) is 1.92. The highest BCUT2D eigenvalue weighted by Crippen LogP contribution is 2.18. The van der Waals surface area contributed by atoms with Gasteiger partial charge in [0.05, 0.1) is 0 Å². The minimum atomic E-state index is -2.13. The summed E-state index contributed by atoms with van der Waals surface area (Å²) in [6, 6.07) is 7.27. The van der Waals surface area contributed by atoms with Gasteiger partial charge in [0.15, 0.2) is 5.78 Å². The van der Waals surface area contributed by atoms with Crippen LogP contribution in [0.4, 0.5) is 0 Å². The van der Waals surface area contributed by atoms with Crippen LogP contribution in [0.2, 0.25) is 13.1 Å². The summed E-state index contributed by atoms with van der Waals surface area (Å²) in [6.45, 7) is 8.63. The summed E-state index contributed by atoms with van der Waals surface area (Å²) < 4.78 is 11.9. The van der Waals surface area contributed by atoms with Gasteiger partial charge in [-0.2, -0.15) is 0 Å². The second-order valence-electron chi connectivity index (χ2n) is 5.49. The Balaban J connectivity index is 2.42. The first-order chi connectivity index (χ1) is 9.44. The Morgan fingerprint density at radius 3 is 2.30 bits per heavy atom. The van der Waals surface area contributed by atoms with E-state index in [9.17, 15) is 4.79 Å². The maximum atomic E-state index is 11.2. The van der Waals surface area contributed by atoms with E-state index in [-0.39, 0.29) is 5.78 Å². The van der Waals surface area contributed by atoms with Crippen LogP contribution in [-0.2, 0) is 4.43 Å². The number of rotatable bonds is 9. The van der Waals surface area contributed by atoms with Crippen LogP contribution in [0.25, 0.3) is 0 Å². The summed E-state index contributed by atoms with van der Waals surface area (Å²) >= 11 is 0. The summed E-state index contributed by atoms with van der Waals surface area (Å²) in [5.74, 6) is 0.848. The molecule has 0 bridgehead atoms. The highest BCUT2D eigenvalue weighted by atomic mass is 28.4. The summed E-state index contributed by atoms with van der Waals surface area (Å²) in [5.41, 5.74) is 0.706. The number of benzene rings is 1. The summed E-state index contributed by atoms with van der Waals surface area (Å²) in [6.07, 6.45) is 4.81. The molecule has 0 aromatic heterocycles. The molecule has 0 aliphatic carbocycles. The van der Waals surface area contributed by atoms with Gasteiger partial charge in [0.2, 0.25) is 0 Å². The molecule has 3 nitrogen and oxygen atoms in total. The van der Waals surface area contributed by atoms with Crippen LogP contribution in [-0.4, -0.2) is 21.0 Å². The zero-order valence-electron chi connectivity index (χ0n) is 13.1. The van der Waals surface area contributed by atoms with Crippen molar-refractivity contribution < 1.29 is 13.6 Å². The molecule has 20 heavy (non-hydrogen) atoms. The lowest BCUT2D eigenvalue weighted by molar-refractivity contribution is 0.101. The number of hydrogen-bond acceptors (Lipinski definition) is 3. The molecule has 0 aliphatic rings. The molecule has 0 amide bonds. The molecule has 0 spiro atoms. The van der Waals surface area contributed by atoms with Gasteiger partial charge in [-0.3, -0.25) is 4.79 Å². The maximum absolute atomic E-state index is 11.2. The third-order valence-corrected chi connectivity index (χ3v) is 4.70. The topological polar surface area (TPSA) is 35.5 Å². The van der Waals surface area contributed by atoms with Crippen molar-refractivity contribution in [2.45, 2.75) is 52.6 Å². The van der Waals surface area contributed by atoms with Gasteiger partial charge >= 0.3 is 8.56 Å². The summed E-state index contributed by atoms with van der Waals surface area (Å²) in [5, 5.41) is 0. The van der Waals surface area contributed by atoms with Gasteiger partial charge in [-0.25, -0.2) is 0 Å². The number of carbonyl (C=O) groups excluding carboxylic acids is 1. The van der Waals surface area contributed by atoms with E-state index in [1.54, 1.807) is 19.1 Å². The third-order valence-electron chi connectivity index (χ3n) is 3.07. The Bertz CT molecular complexity index is 412. The Morgan fingerprint density at radius 1 is 1.10 bits per heavy atom. The normalized spacial score (nSPS) is 11.4. The minimum Gasteiger partial charge on any atom is -0.520 e. The van der Waals surface area contributed by atoms with Gasteiger partial charge in [-0.05, 0) is 50.7 Å². The first kappa shape index (κ1) is 16.9. The molecule has 0 fully saturated rings. The van der Waals surface area contributed by atoms with E-state index < -0.39 is 8.56 Å². The van der Waals surface area contributed by atoms with Crippen LogP contribution >= 0.6 is 0 Å². The fourth-order valence-corrected chi connectivity index (χ4v) is 3.32. The van der Waals surface area contributed by atoms with Crippen molar-refractivity contribution >= 4 is 14.3 Å².